The van der Waals surface area contributed by atoms with Crippen LogP contribution in [0.1, 0.15) is 37.8 Å². The van der Waals surface area contributed by atoms with E-state index in [4.69, 9.17) is 27.9 Å². The summed E-state index contributed by atoms with van der Waals surface area (Å²) in [5.41, 5.74) is 2.44. The molecule has 0 bridgehead atoms. The molecule has 0 unspecified atom stereocenters. The molecule has 2 nitrogen and oxygen atoms in total. The fourth-order valence-corrected chi connectivity index (χ4v) is 3.12. The van der Waals surface area contributed by atoms with Crippen LogP contribution in [-0.4, -0.2) is 12.6 Å². The number of hydrogen-bond donors (Lipinski definition) is 1. The lowest BCUT2D eigenvalue weighted by Gasteiger charge is -2.15. The third-order valence-electron chi connectivity index (χ3n) is 3.87. The number of rotatable bonds is 9. The zero-order valence-corrected chi connectivity index (χ0v) is 15.8. The number of ether oxygens (including phenoxy) is 1. The van der Waals surface area contributed by atoms with Crippen LogP contribution >= 0.6 is 23.2 Å². The second kappa shape index (κ2) is 9.93. The van der Waals surface area contributed by atoms with Crippen LogP contribution < -0.4 is 10.1 Å². The van der Waals surface area contributed by atoms with E-state index in [2.05, 4.69) is 43.4 Å². The van der Waals surface area contributed by atoms with Crippen molar-refractivity contribution in [2.45, 2.75) is 45.7 Å². The lowest BCUT2D eigenvalue weighted by Crippen LogP contribution is -2.26. The third kappa shape index (κ3) is 6.01. The van der Waals surface area contributed by atoms with Crippen molar-refractivity contribution in [3.63, 3.8) is 0 Å². The summed E-state index contributed by atoms with van der Waals surface area (Å²) in [6, 6.07) is 14.8. The molecule has 0 aliphatic rings. The second-order valence-corrected chi connectivity index (χ2v) is 6.86. The average Bonchev–Trinajstić information content (AvgIpc) is 2.58. The lowest BCUT2D eigenvalue weighted by molar-refractivity contribution is 0.317. The summed E-state index contributed by atoms with van der Waals surface area (Å²) in [4.78, 5) is 0. The quantitative estimate of drug-likeness (QED) is 0.597. The molecule has 0 saturated heterocycles. The highest BCUT2D eigenvalue weighted by Gasteiger charge is 2.10. The third-order valence-corrected chi connectivity index (χ3v) is 4.43. The van der Waals surface area contributed by atoms with Crippen LogP contribution in [0.15, 0.2) is 42.5 Å². The molecule has 2 aromatic carbocycles. The second-order valence-electron chi connectivity index (χ2n) is 6.04. The van der Waals surface area contributed by atoms with E-state index in [1.165, 1.54) is 5.56 Å². The molecule has 0 fully saturated rings. The standard InChI is InChI=1S/C20H25Cl2NO/c1-3-11-24-20-18(21)12-17(13-19(20)22)14-23-15(2)9-10-16-7-5-4-6-8-16/h4-8,12-13,15,23H,3,9-11,14H2,1-2H3/t15-/m1/s1. The van der Waals surface area contributed by atoms with Gasteiger partial charge in [-0.3, -0.25) is 0 Å². The van der Waals surface area contributed by atoms with Gasteiger partial charge in [0.15, 0.2) is 5.75 Å². The highest BCUT2D eigenvalue weighted by Crippen LogP contribution is 2.34. The van der Waals surface area contributed by atoms with Crippen molar-refractivity contribution in [2.24, 2.45) is 0 Å². The summed E-state index contributed by atoms with van der Waals surface area (Å²) in [5, 5.41) is 4.68. The Morgan fingerprint density at radius 1 is 1.04 bits per heavy atom. The molecule has 1 atom stereocenters. The maximum Gasteiger partial charge on any atom is 0.156 e. The first kappa shape index (κ1) is 19.1. The van der Waals surface area contributed by atoms with Gasteiger partial charge in [0.2, 0.25) is 0 Å². The maximum absolute atomic E-state index is 6.29. The number of benzene rings is 2. The van der Waals surface area contributed by atoms with E-state index in [1.807, 2.05) is 18.2 Å². The van der Waals surface area contributed by atoms with Crippen LogP contribution in [0.3, 0.4) is 0 Å². The van der Waals surface area contributed by atoms with E-state index in [-0.39, 0.29) is 0 Å². The van der Waals surface area contributed by atoms with Gasteiger partial charge in [-0.2, -0.15) is 0 Å². The van der Waals surface area contributed by atoms with Gasteiger partial charge in [0, 0.05) is 12.6 Å². The van der Waals surface area contributed by atoms with Gasteiger partial charge in [-0.15, -0.1) is 0 Å². The van der Waals surface area contributed by atoms with Gasteiger partial charge in [-0.25, -0.2) is 0 Å². The molecule has 0 spiro atoms. The van der Waals surface area contributed by atoms with E-state index in [0.29, 0.717) is 28.4 Å². The van der Waals surface area contributed by atoms with Gasteiger partial charge in [-0.05, 0) is 49.4 Å². The Morgan fingerprint density at radius 3 is 2.33 bits per heavy atom. The van der Waals surface area contributed by atoms with Crippen molar-refractivity contribution in [3.05, 3.63) is 63.6 Å². The SMILES string of the molecule is CCCOc1c(Cl)cc(CN[C@H](C)CCc2ccccc2)cc1Cl. The molecule has 4 heteroatoms. The summed E-state index contributed by atoms with van der Waals surface area (Å²) in [7, 11) is 0. The van der Waals surface area contributed by atoms with Crippen LogP contribution in [0.2, 0.25) is 10.0 Å². The Labute approximate surface area is 155 Å². The van der Waals surface area contributed by atoms with E-state index >= 15 is 0 Å². The Kier molecular flexibility index (Phi) is 7.90. The van der Waals surface area contributed by atoms with E-state index in [0.717, 1.165) is 31.4 Å². The molecule has 0 aliphatic heterocycles. The number of nitrogens with one attached hydrogen (secondary N) is 1. The van der Waals surface area contributed by atoms with Crippen molar-refractivity contribution < 1.29 is 4.74 Å². The molecular weight excluding hydrogens is 341 g/mol. The summed E-state index contributed by atoms with van der Waals surface area (Å²) >= 11 is 12.6. The first-order valence-corrected chi connectivity index (χ1v) is 9.23. The minimum atomic E-state index is 0.416. The van der Waals surface area contributed by atoms with Gasteiger partial charge in [0.05, 0.1) is 16.7 Å². The van der Waals surface area contributed by atoms with Gasteiger partial charge in [0.1, 0.15) is 0 Å². The zero-order valence-electron chi connectivity index (χ0n) is 14.3. The molecule has 2 aromatic rings. The Morgan fingerprint density at radius 2 is 1.71 bits per heavy atom. The molecule has 0 aromatic heterocycles. The van der Waals surface area contributed by atoms with Gasteiger partial charge >= 0.3 is 0 Å². The first-order valence-electron chi connectivity index (χ1n) is 8.48. The summed E-state index contributed by atoms with van der Waals surface area (Å²) in [6.07, 6.45) is 3.08. The fraction of sp³-hybridized carbons (Fsp3) is 0.400. The zero-order chi connectivity index (χ0) is 17.4. The molecular formula is C20H25Cl2NO. The minimum Gasteiger partial charge on any atom is -0.490 e. The van der Waals surface area contributed by atoms with Gasteiger partial charge < -0.3 is 10.1 Å². The Balaban J connectivity index is 1.85. The topological polar surface area (TPSA) is 21.3 Å². The van der Waals surface area contributed by atoms with Gasteiger partial charge in [-0.1, -0.05) is 60.5 Å². The molecule has 0 radical (unpaired) electrons. The summed E-state index contributed by atoms with van der Waals surface area (Å²) < 4.78 is 5.60. The molecule has 2 rings (SSSR count). The van der Waals surface area contributed by atoms with Crippen LogP contribution in [0.4, 0.5) is 0 Å². The monoisotopic (exact) mass is 365 g/mol. The predicted octanol–water partition coefficient (Wildman–Crippen LogP) is 5.89. The number of aryl methyl sites for hydroxylation is 1. The minimum absolute atomic E-state index is 0.416. The van der Waals surface area contributed by atoms with Crippen LogP contribution in [0.5, 0.6) is 5.75 Å². The normalized spacial score (nSPS) is 12.2. The molecule has 0 heterocycles. The molecule has 0 aliphatic carbocycles. The lowest BCUT2D eigenvalue weighted by atomic mass is 10.1. The Hall–Kier alpha value is -1.22. The van der Waals surface area contributed by atoms with E-state index < -0.39 is 0 Å². The van der Waals surface area contributed by atoms with Gasteiger partial charge in [0.25, 0.3) is 0 Å². The molecule has 0 saturated carbocycles. The van der Waals surface area contributed by atoms with Crippen molar-refractivity contribution in [2.75, 3.05) is 6.61 Å². The number of halogens is 2. The maximum atomic E-state index is 6.29. The molecule has 130 valence electrons. The summed E-state index contributed by atoms with van der Waals surface area (Å²) in [6.45, 7) is 5.61. The van der Waals surface area contributed by atoms with Crippen LogP contribution in [-0.2, 0) is 13.0 Å². The summed E-state index contributed by atoms with van der Waals surface area (Å²) in [5.74, 6) is 0.584. The first-order chi connectivity index (χ1) is 11.6. The molecule has 1 N–H and O–H groups in total. The average molecular weight is 366 g/mol. The molecule has 24 heavy (non-hydrogen) atoms. The van der Waals surface area contributed by atoms with Crippen molar-refractivity contribution in [3.8, 4) is 5.75 Å². The number of hydrogen-bond acceptors (Lipinski definition) is 2. The Bertz CT molecular complexity index is 608. The van der Waals surface area contributed by atoms with E-state index in [1.54, 1.807) is 0 Å². The van der Waals surface area contributed by atoms with Crippen LogP contribution in [0, 0.1) is 0 Å². The van der Waals surface area contributed by atoms with E-state index in [9.17, 15) is 0 Å². The largest absolute Gasteiger partial charge is 0.490 e. The fourth-order valence-electron chi connectivity index (χ4n) is 2.48. The van der Waals surface area contributed by atoms with Crippen molar-refractivity contribution >= 4 is 23.2 Å². The highest BCUT2D eigenvalue weighted by atomic mass is 35.5. The molecule has 0 amide bonds. The highest BCUT2D eigenvalue weighted by molar-refractivity contribution is 6.37. The van der Waals surface area contributed by atoms with Crippen molar-refractivity contribution in [1.82, 2.24) is 5.32 Å². The van der Waals surface area contributed by atoms with Crippen LogP contribution in [0.25, 0.3) is 0 Å². The predicted molar refractivity (Wildman–Crippen MR) is 103 cm³/mol. The smallest absolute Gasteiger partial charge is 0.156 e. The van der Waals surface area contributed by atoms with Crippen molar-refractivity contribution in [1.29, 1.82) is 0 Å².